The third-order valence-corrected chi connectivity index (χ3v) is 5.55. The largest absolute Gasteiger partial charge is 0.496 e. The van der Waals surface area contributed by atoms with Gasteiger partial charge >= 0.3 is 0 Å². The number of carbonyl (C=O) groups excluding carboxylic acids is 1. The first-order valence-corrected chi connectivity index (χ1v) is 10.0. The molecule has 146 valence electrons. The van der Waals surface area contributed by atoms with Crippen LogP contribution in [-0.2, 0) is 11.3 Å². The van der Waals surface area contributed by atoms with E-state index < -0.39 is 0 Å². The summed E-state index contributed by atoms with van der Waals surface area (Å²) >= 11 is 1.41. The van der Waals surface area contributed by atoms with Gasteiger partial charge in [0, 0.05) is 19.3 Å². The number of rotatable bonds is 7. The van der Waals surface area contributed by atoms with Crippen LogP contribution in [-0.4, -0.2) is 40.1 Å². The molecular weight excluding hydrogens is 372 g/mol. The lowest BCUT2D eigenvalue weighted by molar-refractivity contribution is -0.117. The van der Waals surface area contributed by atoms with Crippen molar-refractivity contribution in [1.29, 1.82) is 0 Å². The van der Waals surface area contributed by atoms with Crippen LogP contribution in [0.1, 0.15) is 13.8 Å². The van der Waals surface area contributed by atoms with E-state index in [0.29, 0.717) is 11.7 Å². The van der Waals surface area contributed by atoms with Gasteiger partial charge in [-0.3, -0.25) is 4.79 Å². The van der Waals surface area contributed by atoms with Crippen molar-refractivity contribution in [3.63, 3.8) is 0 Å². The molecule has 1 aromatic heterocycles. The Hall–Kier alpha value is -2.80. The second-order valence-corrected chi connectivity index (χ2v) is 7.55. The van der Waals surface area contributed by atoms with Crippen molar-refractivity contribution in [3.8, 4) is 17.1 Å². The van der Waals surface area contributed by atoms with E-state index in [1.165, 1.54) is 11.8 Å². The van der Waals surface area contributed by atoms with E-state index in [1.54, 1.807) is 19.1 Å². The van der Waals surface area contributed by atoms with Gasteiger partial charge in [-0.1, -0.05) is 42.1 Å². The van der Waals surface area contributed by atoms with E-state index in [-0.39, 0.29) is 11.2 Å². The second-order valence-electron chi connectivity index (χ2n) is 6.24. The lowest BCUT2D eigenvalue weighted by atomic mass is 10.2. The van der Waals surface area contributed by atoms with Gasteiger partial charge in [-0.25, -0.2) is 0 Å². The normalized spacial score (nSPS) is 11.9. The zero-order chi connectivity index (χ0) is 20.1. The summed E-state index contributed by atoms with van der Waals surface area (Å²) in [5.41, 5.74) is 1.75. The van der Waals surface area contributed by atoms with Gasteiger partial charge in [-0.15, -0.1) is 10.2 Å². The zero-order valence-corrected chi connectivity index (χ0v) is 17.3. The number of ether oxygens (including phenoxy) is 1. The van der Waals surface area contributed by atoms with Gasteiger partial charge in [0.2, 0.25) is 5.91 Å². The summed E-state index contributed by atoms with van der Waals surface area (Å²) in [5, 5.41) is 9.12. The molecule has 1 amide bonds. The molecule has 2 aromatic carbocycles. The van der Waals surface area contributed by atoms with E-state index in [9.17, 15) is 4.79 Å². The maximum Gasteiger partial charge on any atom is 0.240 e. The number of amides is 1. The summed E-state index contributed by atoms with van der Waals surface area (Å²) in [6.45, 7) is 4.62. The molecule has 3 rings (SSSR count). The molecule has 0 bridgehead atoms. The maximum atomic E-state index is 12.9. The highest BCUT2D eigenvalue weighted by molar-refractivity contribution is 8.00. The average molecular weight is 397 g/mol. The molecule has 0 aliphatic rings. The smallest absolute Gasteiger partial charge is 0.240 e. The molecule has 0 saturated heterocycles. The molecule has 0 N–H and O–H groups in total. The standard InChI is InChI=1S/C21H24N4O2S/c1-5-25-19(17-13-9-10-14-18(17)27-4)22-23-21(25)28-15(2)20(26)24(3)16-11-7-6-8-12-16/h6-15H,5H2,1-4H3/t15-/m1/s1. The Morgan fingerprint density at radius 3 is 2.50 bits per heavy atom. The number of benzene rings is 2. The lowest BCUT2D eigenvalue weighted by Gasteiger charge is -2.21. The number of hydrogen-bond acceptors (Lipinski definition) is 5. The van der Waals surface area contributed by atoms with Crippen molar-refractivity contribution in [3.05, 3.63) is 54.6 Å². The van der Waals surface area contributed by atoms with Crippen LogP contribution < -0.4 is 9.64 Å². The van der Waals surface area contributed by atoms with Crippen molar-refractivity contribution in [1.82, 2.24) is 14.8 Å². The van der Waals surface area contributed by atoms with E-state index in [2.05, 4.69) is 10.2 Å². The highest BCUT2D eigenvalue weighted by Crippen LogP contribution is 2.32. The minimum Gasteiger partial charge on any atom is -0.496 e. The molecule has 0 radical (unpaired) electrons. The highest BCUT2D eigenvalue weighted by Gasteiger charge is 2.24. The Labute approximate surface area is 169 Å². The lowest BCUT2D eigenvalue weighted by Crippen LogP contribution is -2.33. The van der Waals surface area contributed by atoms with Crippen molar-refractivity contribution >= 4 is 23.4 Å². The molecule has 1 heterocycles. The second kappa shape index (κ2) is 8.93. The first-order chi connectivity index (χ1) is 13.6. The van der Waals surface area contributed by atoms with Crippen LogP contribution in [0.15, 0.2) is 59.8 Å². The maximum absolute atomic E-state index is 12.9. The SMILES string of the molecule is CCn1c(S[C@H](C)C(=O)N(C)c2ccccc2)nnc1-c1ccccc1OC. The third-order valence-electron chi connectivity index (χ3n) is 4.48. The number of carbonyl (C=O) groups is 1. The molecule has 0 aliphatic heterocycles. The number of anilines is 1. The van der Waals surface area contributed by atoms with Gasteiger partial charge < -0.3 is 14.2 Å². The van der Waals surface area contributed by atoms with Crippen LogP contribution in [0, 0.1) is 0 Å². The van der Waals surface area contributed by atoms with Crippen molar-refractivity contribution in [2.24, 2.45) is 0 Å². The summed E-state index contributed by atoms with van der Waals surface area (Å²) in [6, 6.07) is 17.3. The summed E-state index contributed by atoms with van der Waals surface area (Å²) < 4.78 is 7.47. The van der Waals surface area contributed by atoms with E-state index >= 15 is 0 Å². The van der Waals surface area contributed by atoms with Crippen LogP contribution in [0.4, 0.5) is 5.69 Å². The Morgan fingerprint density at radius 1 is 1.14 bits per heavy atom. The van der Waals surface area contributed by atoms with Crippen molar-refractivity contribution < 1.29 is 9.53 Å². The predicted molar refractivity (Wildman–Crippen MR) is 113 cm³/mol. The number of para-hydroxylation sites is 2. The molecule has 0 unspecified atom stereocenters. The van der Waals surface area contributed by atoms with Crippen LogP contribution in [0.25, 0.3) is 11.4 Å². The molecule has 7 heteroatoms. The first kappa shape index (κ1) is 19.9. The Balaban J connectivity index is 1.83. The van der Waals surface area contributed by atoms with Gasteiger partial charge in [0.25, 0.3) is 0 Å². The van der Waals surface area contributed by atoms with Gasteiger partial charge in [-0.2, -0.15) is 0 Å². The molecule has 3 aromatic rings. The summed E-state index contributed by atoms with van der Waals surface area (Å²) in [4.78, 5) is 14.5. The number of hydrogen-bond donors (Lipinski definition) is 0. The monoisotopic (exact) mass is 396 g/mol. The molecular formula is C21H24N4O2S. The summed E-state index contributed by atoms with van der Waals surface area (Å²) in [6.07, 6.45) is 0. The minimum absolute atomic E-state index is 0.0145. The van der Waals surface area contributed by atoms with Gasteiger partial charge in [0.15, 0.2) is 11.0 Å². The molecule has 0 spiro atoms. The van der Waals surface area contributed by atoms with Crippen molar-refractivity contribution in [2.75, 3.05) is 19.1 Å². The van der Waals surface area contributed by atoms with Crippen LogP contribution in [0.2, 0.25) is 0 Å². The van der Waals surface area contributed by atoms with E-state index in [4.69, 9.17) is 4.74 Å². The molecule has 0 aliphatic carbocycles. The fourth-order valence-electron chi connectivity index (χ4n) is 2.95. The average Bonchev–Trinajstić information content (AvgIpc) is 3.15. The fraction of sp³-hybridized carbons (Fsp3) is 0.286. The van der Waals surface area contributed by atoms with Crippen molar-refractivity contribution in [2.45, 2.75) is 30.8 Å². The van der Waals surface area contributed by atoms with Gasteiger partial charge in [0.1, 0.15) is 5.75 Å². The van der Waals surface area contributed by atoms with Gasteiger partial charge in [0.05, 0.1) is 17.9 Å². The van der Waals surface area contributed by atoms with Gasteiger partial charge in [-0.05, 0) is 38.1 Å². The zero-order valence-electron chi connectivity index (χ0n) is 16.5. The molecule has 28 heavy (non-hydrogen) atoms. The Kier molecular flexibility index (Phi) is 6.36. The van der Waals surface area contributed by atoms with E-state index in [0.717, 1.165) is 22.8 Å². The topological polar surface area (TPSA) is 60.2 Å². The summed E-state index contributed by atoms with van der Waals surface area (Å²) in [5.74, 6) is 1.49. The summed E-state index contributed by atoms with van der Waals surface area (Å²) in [7, 11) is 3.43. The fourth-order valence-corrected chi connectivity index (χ4v) is 3.96. The quantitative estimate of drug-likeness (QED) is 0.562. The number of methoxy groups -OCH3 is 1. The highest BCUT2D eigenvalue weighted by atomic mass is 32.2. The molecule has 0 saturated carbocycles. The van der Waals surface area contributed by atoms with E-state index in [1.807, 2.05) is 73.0 Å². The van der Waals surface area contributed by atoms with Crippen LogP contribution >= 0.6 is 11.8 Å². The molecule has 0 fully saturated rings. The predicted octanol–water partition coefficient (Wildman–Crippen LogP) is 4.12. The number of thioether (sulfide) groups is 1. The van der Waals surface area contributed by atoms with Crippen LogP contribution in [0.3, 0.4) is 0 Å². The third kappa shape index (κ3) is 4.04. The number of nitrogens with zero attached hydrogens (tertiary/aromatic N) is 4. The number of aromatic nitrogens is 3. The Bertz CT molecular complexity index is 943. The Morgan fingerprint density at radius 2 is 1.82 bits per heavy atom. The molecule has 1 atom stereocenters. The minimum atomic E-state index is -0.301. The first-order valence-electron chi connectivity index (χ1n) is 9.12. The molecule has 6 nitrogen and oxygen atoms in total. The van der Waals surface area contributed by atoms with Crippen LogP contribution in [0.5, 0.6) is 5.75 Å².